The van der Waals surface area contributed by atoms with Gasteiger partial charge in [-0.3, -0.25) is 24.0 Å². The van der Waals surface area contributed by atoms with Crippen molar-refractivity contribution in [3.05, 3.63) is 184 Å². The van der Waals surface area contributed by atoms with Crippen molar-refractivity contribution in [3.8, 4) is 22.3 Å². The van der Waals surface area contributed by atoms with Gasteiger partial charge in [-0.05, 0) is 278 Å². The molecule has 4 atom stereocenters. The van der Waals surface area contributed by atoms with Crippen molar-refractivity contribution in [2.24, 2.45) is 17.6 Å². The molecule has 2 saturated heterocycles. The van der Waals surface area contributed by atoms with Gasteiger partial charge in [0.15, 0.2) is 5.78 Å². The minimum atomic E-state index is -0.937. The summed E-state index contributed by atoms with van der Waals surface area (Å²) < 4.78 is 71.3. The van der Waals surface area contributed by atoms with Crippen molar-refractivity contribution in [2.45, 2.75) is 186 Å². The number of halogens is 4. The topological polar surface area (TPSA) is 183 Å². The molecule has 0 spiro atoms. The molecule has 94 heavy (non-hydrogen) atoms. The summed E-state index contributed by atoms with van der Waals surface area (Å²) in [5.74, 6) is -4.26. The predicted molar refractivity (Wildman–Crippen MR) is 366 cm³/mol. The molecule has 4 aromatic carbocycles. The van der Waals surface area contributed by atoms with E-state index < -0.39 is 53.6 Å². The Labute approximate surface area is 553 Å². The van der Waals surface area contributed by atoms with Crippen LogP contribution in [0.4, 0.5) is 17.6 Å². The Morgan fingerprint density at radius 1 is 0.521 bits per heavy atom. The fourth-order valence-electron chi connectivity index (χ4n) is 12.6. The molecule has 2 fully saturated rings. The molecule has 3 N–H and O–H groups in total. The molecule has 0 radical (unpaired) electrons. The number of carboxylic acid groups (broad SMARTS) is 1. The zero-order valence-electron chi connectivity index (χ0n) is 57.0. The number of aromatic nitrogens is 2. The molecule has 2 aliphatic rings. The second-order valence-corrected chi connectivity index (χ2v) is 26.2. The number of benzene rings is 4. The number of nitrogens with two attached hydrogens (primary N) is 1. The van der Waals surface area contributed by atoms with Gasteiger partial charge in [0.2, 0.25) is 0 Å². The number of hydrogen-bond donors (Lipinski definition) is 2. The van der Waals surface area contributed by atoms with E-state index in [1.54, 1.807) is 88.7 Å². The number of Topliss-reactive ketones (excluding diaryl/α,β-unsaturated/α-hetero) is 1. The standard InChI is InChI=1S/C38H48F2N2O4.C20H23F2NO2.C17H26N2O3.CH4/c1-8-46-36(45)21-29(32-19-30(15-27(7)38(32)40)37-25(5)16-31(39)17-26(37)6)20-34(43)33(14-23(2)3)42-22-28(24(4)18-35(42)44)10-13-41-11-9-12-41;1-5-25-18(24)10-17(23)16-9-14(6-13(4)20(16)22)19-11(2)7-15(21)8-12(19)3;1-12(2)9-15(17(21)22)19-11-14(13(3)10-16(19)20)5-8-18-6-4-7-18;/h15-19,22-23,29,33H,8-14,20-21H2,1-7H3;6-9,17H,5,10,23H2,1-4H3;10-12,15H,4-9H2,1-3H3,(H,21,22);1H4/t29-,33?;17-;;/m00../s1. The number of likely N-dealkylation sites (tertiary alicyclic amines) is 2. The van der Waals surface area contributed by atoms with E-state index in [9.17, 15) is 47.0 Å². The number of aryl methyl sites for hydroxylation is 8. The summed E-state index contributed by atoms with van der Waals surface area (Å²) in [5, 5.41) is 9.46. The zero-order chi connectivity index (χ0) is 68.7. The van der Waals surface area contributed by atoms with Gasteiger partial charge in [0, 0.05) is 61.6 Å². The van der Waals surface area contributed by atoms with Crippen molar-refractivity contribution >= 4 is 23.7 Å². The molecule has 2 aromatic heterocycles. The highest BCUT2D eigenvalue weighted by atomic mass is 19.1. The second-order valence-electron chi connectivity index (χ2n) is 26.2. The Bertz CT molecular complexity index is 3710. The number of carbonyl (C=O) groups is 4. The molecule has 4 heterocycles. The fraction of sp³-hybridized carbons (Fsp3) is 0.500. The van der Waals surface area contributed by atoms with Crippen LogP contribution in [-0.4, -0.2) is 100 Å². The third kappa shape index (κ3) is 20.7. The van der Waals surface area contributed by atoms with Crippen LogP contribution < -0.4 is 16.9 Å². The number of hydrogen-bond acceptors (Lipinski definition) is 11. The lowest BCUT2D eigenvalue weighted by Gasteiger charge is -2.31. The summed E-state index contributed by atoms with van der Waals surface area (Å²) in [6.45, 7) is 32.4. The average molecular weight is 1300 g/mol. The van der Waals surface area contributed by atoms with E-state index in [1.807, 2.05) is 61.6 Å². The Morgan fingerprint density at radius 3 is 1.29 bits per heavy atom. The molecule has 6 aromatic rings. The molecular formula is C76H101F4N5O9. The van der Waals surface area contributed by atoms with E-state index >= 15 is 4.39 Å². The van der Waals surface area contributed by atoms with Gasteiger partial charge in [0.25, 0.3) is 11.1 Å². The number of esters is 2. The maximum atomic E-state index is 16.0. The minimum absolute atomic E-state index is 0. The van der Waals surface area contributed by atoms with Crippen molar-refractivity contribution in [1.82, 2.24) is 18.9 Å². The largest absolute Gasteiger partial charge is 0.480 e. The van der Waals surface area contributed by atoms with Gasteiger partial charge >= 0.3 is 17.9 Å². The maximum Gasteiger partial charge on any atom is 0.326 e. The summed E-state index contributed by atoms with van der Waals surface area (Å²) in [6, 6.07) is 13.3. The molecule has 18 heteroatoms. The van der Waals surface area contributed by atoms with Crippen LogP contribution in [0.25, 0.3) is 22.3 Å². The highest BCUT2D eigenvalue weighted by Crippen LogP contribution is 2.38. The van der Waals surface area contributed by atoms with E-state index in [-0.39, 0.29) is 91.4 Å². The van der Waals surface area contributed by atoms with Gasteiger partial charge in [-0.1, -0.05) is 35.1 Å². The van der Waals surface area contributed by atoms with E-state index in [0.717, 1.165) is 102 Å². The first-order chi connectivity index (χ1) is 43.9. The Kier molecular flexibility index (Phi) is 29.0. The van der Waals surface area contributed by atoms with Crippen LogP contribution >= 0.6 is 0 Å². The van der Waals surface area contributed by atoms with Gasteiger partial charge in [-0.2, -0.15) is 0 Å². The number of nitrogens with zero attached hydrogens (tertiary/aromatic N) is 4. The Balaban J connectivity index is 0.000000280. The zero-order valence-corrected chi connectivity index (χ0v) is 57.0. The Morgan fingerprint density at radius 2 is 0.904 bits per heavy atom. The first-order valence-corrected chi connectivity index (χ1v) is 32.8. The smallest absolute Gasteiger partial charge is 0.326 e. The van der Waals surface area contributed by atoms with Crippen LogP contribution in [0.2, 0.25) is 0 Å². The van der Waals surface area contributed by atoms with Crippen LogP contribution in [0.3, 0.4) is 0 Å². The summed E-state index contributed by atoms with van der Waals surface area (Å²) in [7, 11) is 0. The lowest BCUT2D eigenvalue weighted by atomic mass is 9.83. The molecule has 0 bridgehead atoms. The quantitative estimate of drug-likeness (QED) is 0.0388. The van der Waals surface area contributed by atoms with Crippen LogP contribution in [-0.2, 0) is 41.5 Å². The second kappa shape index (κ2) is 35.3. The van der Waals surface area contributed by atoms with Crippen molar-refractivity contribution in [2.75, 3.05) is 52.5 Å². The highest BCUT2D eigenvalue weighted by Gasteiger charge is 2.32. The fourth-order valence-corrected chi connectivity index (χ4v) is 12.6. The van der Waals surface area contributed by atoms with Gasteiger partial charge in [0.1, 0.15) is 29.3 Å². The van der Waals surface area contributed by atoms with E-state index in [0.29, 0.717) is 40.7 Å². The first-order valence-electron chi connectivity index (χ1n) is 32.8. The van der Waals surface area contributed by atoms with Crippen LogP contribution in [0.1, 0.15) is 185 Å². The van der Waals surface area contributed by atoms with Crippen molar-refractivity contribution < 1.29 is 51.3 Å². The molecule has 0 saturated carbocycles. The Hall–Kier alpha value is -7.54. The minimum Gasteiger partial charge on any atom is -0.480 e. The molecule has 0 aliphatic carbocycles. The molecular weight excluding hydrogens is 1200 g/mol. The molecule has 512 valence electrons. The lowest BCUT2D eigenvalue weighted by molar-refractivity contribution is -0.144. The number of aliphatic carboxylic acids is 1. The number of rotatable bonds is 26. The average Bonchev–Trinajstić information content (AvgIpc) is 0.812. The predicted octanol–water partition coefficient (Wildman–Crippen LogP) is 14.8. The molecule has 2 aliphatic heterocycles. The summed E-state index contributed by atoms with van der Waals surface area (Å²) >= 11 is 0. The molecule has 2 unspecified atom stereocenters. The summed E-state index contributed by atoms with van der Waals surface area (Å²) in [4.78, 5) is 80.7. The maximum absolute atomic E-state index is 16.0. The van der Waals surface area contributed by atoms with Crippen molar-refractivity contribution in [3.63, 3.8) is 0 Å². The number of pyridine rings is 2. The monoisotopic (exact) mass is 1300 g/mol. The molecule has 8 rings (SSSR count). The van der Waals surface area contributed by atoms with Gasteiger partial charge in [0.05, 0.1) is 32.1 Å². The third-order valence-corrected chi connectivity index (χ3v) is 17.6. The summed E-state index contributed by atoms with van der Waals surface area (Å²) in [6.07, 6.45) is 8.12. The van der Waals surface area contributed by atoms with Gasteiger partial charge < -0.3 is 39.2 Å². The molecule has 0 amide bonds. The number of carboxylic acids is 1. The van der Waals surface area contributed by atoms with E-state index in [2.05, 4.69) is 9.80 Å². The summed E-state index contributed by atoms with van der Waals surface area (Å²) in [5.41, 5.74) is 16.8. The van der Waals surface area contributed by atoms with Gasteiger partial charge in [-0.25, -0.2) is 22.4 Å². The van der Waals surface area contributed by atoms with E-state index in [1.165, 1.54) is 41.7 Å². The van der Waals surface area contributed by atoms with Crippen molar-refractivity contribution in [1.29, 1.82) is 0 Å². The number of carbonyl (C=O) groups excluding carboxylic acids is 3. The number of ether oxygens (including phenoxy) is 2. The van der Waals surface area contributed by atoms with Crippen LogP contribution in [0.5, 0.6) is 0 Å². The SMILES string of the molecule is C.CCOC(=O)C[C@H](CC(=O)C(CC(C)C)n1cc(CCN2CCC2)c(C)cc1=O)c1cc(-c2c(C)cc(F)cc2C)cc(C)c1F.CCOC(=O)C[C@H](N)c1cc(-c2c(C)cc(F)cc2C)cc(C)c1F.Cc1cc(=O)n(C(CC(C)C)C(=O)O)cc1CCN1CCC1. The van der Waals surface area contributed by atoms with E-state index in [4.69, 9.17) is 15.2 Å². The van der Waals surface area contributed by atoms with Crippen LogP contribution in [0, 0.1) is 90.5 Å². The third-order valence-electron chi connectivity index (χ3n) is 17.6. The normalized spacial score (nSPS) is 14.3. The lowest BCUT2D eigenvalue weighted by Crippen LogP contribution is -2.38. The van der Waals surface area contributed by atoms with Crippen LogP contribution in [0.15, 0.2) is 82.6 Å². The molecule has 14 nitrogen and oxygen atoms in total. The first kappa shape index (κ1) is 77.2. The number of ketones is 1. The highest BCUT2D eigenvalue weighted by molar-refractivity contribution is 5.85. The van der Waals surface area contributed by atoms with Gasteiger partial charge in [-0.15, -0.1) is 0 Å².